The highest BCUT2D eigenvalue weighted by atomic mass is 16.7. The fourth-order valence-corrected chi connectivity index (χ4v) is 2.46. The summed E-state index contributed by atoms with van der Waals surface area (Å²) in [6, 6.07) is 6.79. The van der Waals surface area contributed by atoms with Crippen LogP contribution in [0, 0.1) is 0 Å². The molecule has 1 N–H and O–H groups in total. The minimum absolute atomic E-state index is 0.137. The number of oxazole rings is 1. The van der Waals surface area contributed by atoms with E-state index in [0.717, 1.165) is 19.6 Å². The van der Waals surface area contributed by atoms with E-state index in [-0.39, 0.29) is 11.5 Å². The Balaban J connectivity index is 0.000000500. The molecule has 1 aliphatic heterocycles. The van der Waals surface area contributed by atoms with Crippen molar-refractivity contribution in [2.24, 2.45) is 0 Å². The molecule has 28 heavy (non-hydrogen) atoms. The van der Waals surface area contributed by atoms with E-state index in [1.807, 2.05) is 13.8 Å². The van der Waals surface area contributed by atoms with Gasteiger partial charge in [-0.3, -0.25) is 0 Å². The lowest BCUT2D eigenvalue weighted by molar-refractivity contribution is -0.193. The topological polar surface area (TPSA) is 108 Å². The first-order valence-electron chi connectivity index (χ1n) is 8.76. The molecule has 8 heteroatoms. The molecule has 150 valence electrons. The Hall–Kier alpha value is -3.13. The molecule has 0 aliphatic carbocycles. The molecule has 0 amide bonds. The van der Waals surface area contributed by atoms with E-state index in [1.54, 1.807) is 38.1 Å². The summed E-state index contributed by atoms with van der Waals surface area (Å²) in [5, 5.41) is 9.12. The molecule has 1 aromatic carbocycles. The van der Waals surface area contributed by atoms with E-state index in [1.165, 1.54) is 6.08 Å². The van der Waals surface area contributed by atoms with Crippen molar-refractivity contribution in [2.75, 3.05) is 13.2 Å². The van der Waals surface area contributed by atoms with Crippen molar-refractivity contribution in [1.82, 2.24) is 4.98 Å². The Kier molecular flexibility index (Phi) is 6.94. The van der Waals surface area contributed by atoms with E-state index >= 15 is 0 Å². The Morgan fingerprint density at radius 1 is 1.18 bits per heavy atom. The zero-order valence-corrected chi connectivity index (χ0v) is 16.2. The number of aromatic carboxylic acids is 1. The summed E-state index contributed by atoms with van der Waals surface area (Å²) in [4.78, 5) is 26.5. The molecular formula is C20H23NO7. The van der Waals surface area contributed by atoms with Gasteiger partial charge < -0.3 is 23.7 Å². The van der Waals surface area contributed by atoms with Crippen LogP contribution in [-0.2, 0) is 19.0 Å². The van der Waals surface area contributed by atoms with Crippen LogP contribution in [0.25, 0.3) is 17.1 Å². The lowest BCUT2D eigenvalue weighted by Crippen LogP contribution is -2.33. The number of carbonyl (C=O) groups excluding carboxylic acids is 1. The maximum atomic E-state index is 11.6. The monoisotopic (exact) mass is 389 g/mol. The third-order valence-corrected chi connectivity index (χ3v) is 3.54. The van der Waals surface area contributed by atoms with E-state index in [9.17, 15) is 9.59 Å². The number of rotatable bonds is 5. The van der Waals surface area contributed by atoms with Gasteiger partial charge in [-0.1, -0.05) is 18.2 Å². The lowest BCUT2D eigenvalue weighted by atomic mass is 10.1. The van der Waals surface area contributed by atoms with Crippen LogP contribution in [0.5, 0.6) is 0 Å². The van der Waals surface area contributed by atoms with Gasteiger partial charge in [0.05, 0.1) is 6.08 Å². The Morgan fingerprint density at radius 3 is 2.43 bits per heavy atom. The van der Waals surface area contributed by atoms with Gasteiger partial charge in [0.1, 0.15) is 5.76 Å². The molecule has 0 atom stereocenters. The number of hydrogen-bond donors (Lipinski definition) is 1. The summed E-state index contributed by atoms with van der Waals surface area (Å²) >= 11 is 0. The van der Waals surface area contributed by atoms with Crippen molar-refractivity contribution in [3.63, 3.8) is 0 Å². The maximum Gasteiger partial charge on any atom is 0.358 e. The number of esters is 1. The molecule has 0 saturated carbocycles. The van der Waals surface area contributed by atoms with Crippen molar-refractivity contribution in [2.45, 2.75) is 33.5 Å². The zero-order chi connectivity index (χ0) is 20.7. The second-order valence-corrected chi connectivity index (χ2v) is 6.13. The average molecular weight is 389 g/mol. The predicted octanol–water partition coefficient (Wildman–Crippen LogP) is 3.73. The summed E-state index contributed by atoms with van der Waals surface area (Å²) in [5.41, 5.74) is 0.930. The number of ether oxygens (including phenoxy) is 3. The fraction of sp³-hybridized carbons (Fsp3) is 0.350. The van der Waals surface area contributed by atoms with Crippen LogP contribution in [0.2, 0.25) is 0 Å². The fourth-order valence-electron chi connectivity index (χ4n) is 2.46. The summed E-state index contributed by atoms with van der Waals surface area (Å²) in [6.07, 6.45) is 2.31. The molecule has 1 aliphatic rings. The highest BCUT2D eigenvalue weighted by molar-refractivity contribution is 5.93. The molecule has 0 saturated heterocycles. The van der Waals surface area contributed by atoms with Crippen molar-refractivity contribution < 1.29 is 33.3 Å². The number of hydrogen-bond acceptors (Lipinski definition) is 7. The highest BCUT2D eigenvalue weighted by Crippen LogP contribution is 2.31. The predicted molar refractivity (Wildman–Crippen MR) is 100 cm³/mol. The summed E-state index contributed by atoms with van der Waals surface area (Å²) < 4.78 is 20.7. The summed E-state index contributed by atoms with van der Waals surface area (Å²) in [5.74, 6) is -2.29. The molecule has 8 nitrogen and oxygen atoms in total. The van der Waals surface area contributed by atoms with Crippen molar-refractivity contribution in [3.8, 4) is 11.3 Å². The number of carboxylic acid groups (broad SMARTS) is 1. The molecular weight excluding hydrogens is 366 g/mol. The molecule has 2 aromatic rings. The number of carboxylic acids is 1. The van der Waals surface area contributed by atoms with Crippen LogP contribution in [0.1, 0.15) is 43.7 Å². The van der Waals surface area contributed by atoms with Crippen LogP contribution in [-0.4, -0.2) is 41.0 Å². The Morgan fingerprint density at radius 2 is 1.86 bits per heavy atom. The average Bonchev–Trinajstić information content (AvgIpc) is 3.11. The Bertz CT molecular complexity index is 865. The number of nitrogens with zero attached hydrogens (tertiary/aromatic N) is 1. The van der Waals surface area contributed by atoms with Gasteiger partial charge in [-0.2, -0.15) is 0 Å². The van der Waals surface area contributed by atoms with Crippen molar-refractivity contribution in [1.29, 1.82) is 0 Å². The van der Waals surface area contributed by atoms with Gasteiger partial charge >= 0.3 is 11.9 Å². The van der Waals surface area contributed by atoms with Crippen LogP contribution in [0.3, 0.4) is 0 Å². The van der Waals surface area contributed by atoms with Gasteiger partial charge in [0, 0.05) is 38.2 Å². The van der Waals surface area contributed by atoms with E-state index in [0.29, 0.717) is 16.9 Å². The van der Waals surface area contributed by atoms with Crippen molar-refractivity contribution >= 4 is 17.7 Å². The number of aromatic nitrogens is 1. The van der Waals surface area contributed by atoms with Crippen LogP contribution in [0.4, 0.5) is 0 Å². The molecule has 0 radical (unpaired) electrons. The minimum Gasteiger partial charge on any atom is -0.476 e. The van der Waals surface area contributed by atoms with Crippen molar-refractivity contribution in [3.05, 3.63) is 48.0 Å². The molecule has 2 heterocycles. The SMILES string of the molecule is CC1(C)OC(=O)C=C(c2cccc(-c3ocnc3C(=O)O)c2)O1.CCOCC. The molecule has 0 spiro atoms. The second-order valence-electron chi connectivity index (χ2n) is 6.13. The second kappa shape index (κ2) is 9.18. The number of carbonyl (C=O) groups is 2. The lowest BCUT2D eigenvalue weighted by Gasteiger charge is -2.30. The third kappa shape index (κ3) is 5.43. The standard InChI is InChI=1S/C16H13NO6.C4H10O/c1-16(2)22-11(7-12(18)23-16)9-4-3-5-10(6-9)14-13(15(19)20)17-8-21-14;1-3-5-4-2/h3-8H,1-2H3,(H,19,20);3-4H2,1-2H3. The Labute approximate surface area is 162 Å². The quantitative estimate of drug-likeness (QED) is 0.771. The van der Waals surface area contributed by atoms with Gasteiger partial charge in [-0.25, -0.2) is 14.6 Å². The first kappa shape index (κ1) is 21.2. The normalized spacial score (nSPS) is 14.9. The van der Waals surface area contributed by atoms with Gasteiger partial charge in [-0.15, -0.1) is 0 Å². The molecule has 0 fully saturated rings. The minimum atomic E-state index is -1.18. The van der Waals surface area contributed by atoms with Gasteiger partial charge in [0.2, 0.25) is 5.79 Å². The molecule has 1 aromatic heterocycles. The van der Waals surface area contributed by atoms with Gasteiger partial charge in [0.15, 0.2) is 17.8 Å². The van der Waals surface area contributed by atoms with E-state index in [2.05, 4.69) is 4.98 Å². The van der Waals surface area contributed by atoms with Crippen LogP contribution >= 0.6 is 0 Å². The van der Waals surface area contributed by atoms with Gasteiger partial charge in [0.25, 0.3) is 0 Å². The number of benzene rings is 1. The van der Waals surface area contributed by atoms with Gasteiger partial charge in [-0.05, 0) is 19.9 Å². The zero-order valence-electron chi connectivity index (χ0n) is 16.2. The van der Waals surface area contributed by atoms with Crippen LogP contribution in [0.15, 0.2) is 41.2 Å². The third-order valence-electron chi connectivity index (χ3n) is 3.54. The summed E-state index contributed by atoms with van der Waals surface area (Å²) in [6.45, 7) is 8.92. The summed E-state index contributed by atoms with van der Waals surface area (Å²) in [7, 11) is 0. The van der Waals surface area contributed by atoms with E-state index in [4.69, 9.17) is 23.7 Å². The largest absolute Gasteiger partial charge is 0.476 e. The van der Waals surface area contributed by atoms with Crippen LogP contribution < -0.4 is 0 Å². The molecule has 0 bridgehead atoms. The maximum absolute atomic E-state index is 11.6. The molecule has 3 rings (SSSR count). The number of cyclic esters (lactones) is 1. The smallest absolute Gasteiger partial charge is 0.358 e. The first-order chi connectivity index (χ1) is 13.3. The molecule has 0 unspecified atom stereocenters. The first-order valence-corrected chi connectivity index (χ1v) is 8.76. The van der Waals surface area contributed by atoms with E-state index < -0.39 is 17.7 Å². The highest BCUT2D eigenvalue weighted by Gasteiger charge is 2.31.